The second kappa shape index (κ2) is 30.1. The highest BCUT2D eigenvalue weighted by Gasteiger charge is 2.12. The van der Waals surface area contributed by atoms with Crippen molar-refractivity contribution in [3.63, 3.8) is 0 Å². The Kier molecular flexibility index (Phi) is 29.5. The average Bonchev–Trinajstić information content (AvgIpc) is 2.90. The molecular weight excluding hydrogens is 478 g/mol. The first-order valence-electron chi connectivity index (χ1n) is 17.5. The molecule has 0 heterocycles. The molecule has 0 rings (SSSR count). The molecule has 3 nitrogen and oxygen atoms in total. The van der Waals surface area contributed by atoms with Gasteiger partial charge in [-0.3, -0.25) is 9.69 Å². The zero-order chi connectivity index (χ0) is 28.8. The summed E-state index contributed by atoms with van der Waals surface area (Å²) in [6.45, 7) is 14.3. The molecule has 0 aromatic heterocycles. The molecule has 0 aromatic rings. The third-order valence-electron chi connectivity index (χ3n) is 8.09. The fourth-order valence-electron chi connectivity index (χ4n) is 5.32. The molecule has 0 spiro atoms. The van der Waals surface area contributed by atoms with Gasteiger partial charge in [-0.15, -0.1) is 0 Å². The second-order valence-electron chi connectivity index (χ2n) is 12.6. The van der Waals surface area contributed by atoms with Crippen LogP contribution in [0.3, 0.4) is 0 Å². The molecule has 0 saturated carbocycles. The molecule has 0 aliphatic rings. The van der Waals surface area contributed by atoms with Crippen molar-refractivity contribution in [1.82, 2.24) is 4.90 Å². The molecule has 0 N–H and O–H groups in total. The van der Waals surface area contributed by atoms with E-state index in [0.29, 0.717) is 19.1 Å². The van der Waals surface area contributed by atoms with Crippen LogP contribution >= 0.6 is 0 Å². The Morgan fingerprint density at radius 1 is 0.641 bits per heavy atom. The minimum atomic E-state index is -0.0225. The third-order valence-corrected chi connectivity index (χ3v) is 8.09. The van der Waals surface area contributed by atoms with E-state index in [9.17, 15) is 4.79 Å². The fraction of sp³-hybridized carbons (Fsp3) is 0.917. The minimum Gasteiger partial charge on any atom is -0.465 e. The van der Waals surface area contributed by atoms with E-state index in [1.807, 2.05) is 0 Å². The standard InChI is InChI=1S/C36H71NO2/c1-6-8-10-12-14-16-18-20-22-24-30-37(31-25-23-21-19-17-15-13-11-9-7-2)33-36(38)39-32-29-35(5)28-26-27-34(3)4/h27,35H,6-26,28-33H2,1-5H3. The van der Waals surface area contributed by atoms with E-state index in [0.717, 1.165) is 25.9 Å². The van der Waals surface area contributed by atoms with Crippen LogP contribution in [0.1, 0.15) is 182 Å². The van der Waals surface area contributed by atoms with Crippen LogP contribution in [0.25, 0.3) is 0 Å². The van der Waals surface area contributed by atoms with Crippen LogP contribution in [0.15, 0.2) is 11.6 Å². The van der Waals surface area contributed by atoms with Crippen LogP contribution in [-0.4, -0.2) is 37.1 Å². The van der Waals surface area contributed by atoms with Gasteiger partial charge in [0.1, 0.15) is 0 Å². The lowest BCUT2D eigenvalue weighted by Crippen LogP contribution is -2.33. The molecule has 0 amide bonds. The molecule has 232 valence electrons. The normalized spacial score (nSPS) is 12.2. The number of carbonyl (C=O) groups excluding carboxylic acids is 1. The van der Waals surface area contributed by atoms with Gasteiger partial charge in [0.15, 0.2) is 0 Å². The number of hydrogen-bond donors (Lipinski definition) is 0. The van der Waals surface area contributed by atoms with Crippen molar-refractivity contribution in [3.05, 3.63) is 11.6 Å². The summed E-state index contributed by atoms with van der Waals surface area (Å²) in [6, 6.07) is 0. The maximum atomic E-state index is 12.6. The molecule has 0 aliphatic heterocycles. The topological polar surface area (TPSA) is 29.5 Å². The Balaban J connectivity index is 4.19. The van der Waals surface area contributed by atoms with Gasteiger partial charge in [0.2, 0.25) is 0 Å². The third kappa shape index (κ3) is 30.0. The van der Waals surface area contributed by atoms with Crippen LogP contribution in [-0.2, 0) is 9.53 Å². The summed E-state index contributed by atoms with van der Waals surface area (Å²) in [6.07, 6.45) is 32.7. The highest BCUT2D eigenvalue weighted by molar-refractivity contribution is 5.71. The van der Waals surface area contributed by atoms with Gasteiger partial charge in [0.25, 0.3) is 0 Å². The van der Waals surface area contributed by atoms with Crippen LogP contribution in [0.5, 0.6) is 0 Å². The SMILES string of the molecule is CCCCCCCCCCCCN(CCCCCCCCCCCC)CC(=O)OCCC(C)CCC=C(C)C. The number of carbonyl (C=O) groups is 1. The molecule has 39 heavy (non-hydrogen) atoms. The molecule has 3 heteroatoms. The summed E-state index contributed by atoms with van der Waals surface area (Å²) in [5, 5.41) is 0. The summed E-state index contributed by atoms with van der Waals surface area (Å²) in [4.78, 5) is 15.0. The van der Waals surface area contributed by atoms with Crippen molar-refractivity contribution >= 4 is 5.97 Å². The first kappa shape index (κ1) is 38.2. The number of nitrogens with zero attached hydrogens (tertiary/aromatic N) is 1. The zero-order valence-corrected chi connectivity index (χ0v) is 27.5. The summed E-state index contributed by atoms with van der Waals surface area (Å²) < 4.78 is 5.67. The van der Waals surface area contributed by atoms with E-state index in [-0.39, 0.29) is 5.97 Å². The molecule has 1 unspecified atom stereocenters. The Morgan fingerprint density at radius 3 is 1.46 bits per heavy atom. The largest absolute Gasteiger partial charge is 0.465 e. The summed E-state index contributed by atoms with van der Waals surface area (Å²) in [5.41, 5.74) is 1.39. The van der Waals surface area contributed by atoms with Crippen molar-refractivity contribution in [3.8, 4) is 0 Å². The molecule has 1 atom stereocenters. The molecular formula is C36H71NO2. The van der Waals surface area contributed by atoms with Crippen molar-refractivity contribution < 1.29 is 9.53 Å². The van der Waals surface area contributed by atoms with Crippen LogP contribution in [0.2, 0.25) is 0 Å². The summed E-state index contributed by atoms with van der Waals surface area (Å²) >= 11 is 0. The number of esters is 1. The lowest BCUT2D eigenvalue weighted by molar-refractivity contribution is -0.145. The smallest absolute Gasteiger partial charge is 0.320 e. The Bertz CT molecular complexity index is 516. The van der Waals surface area contributed by atoms with Crippen LogP contribution in [0, 0.1) is 5.92 Å². The quantitative estimate of drug-likeness (QED) is 0.0507. The van der Waals surface area contributed by atoms with Gasteiger partial charge in [0, 0.05) is 0 Å². The van der Waals surface area contributed by atoms with Crippen LogP contribution in [0.4, 0.5) is 0 Å². The minimum absolute atomic E-state index is 0.0225. The van der Waals surface area contributed by atoms with Crippen molar-refractivity contribution in [2.45, 2.75) is 182 Å². The maximum Gasteiger partial charge on any atom is 0.320 e. The van der Waals surface area contributed by atoms with Gasteiger partial charge < -0.3 is 4.74 Å². The van der Waals surface area contributed by atoms with E-state index >= 15 is 0 Å². The Hall–Kier alpha value is -0.830. The highest BCUT2D eigenvalue weighted by Crippen LogP contribution is 2.14. The van der Waals surface area contributed by atoms with Crippen molar-refractivity contribution in [1.29, 1.82) is 0 Å². The van der Waals surface area contributed by atoms with Gasteiger partial charge in [-0.25, -0.2) is 0 Å². The average molecular weight is 550 g/mol. The van der Waals surface area contributed by atoms with E-state index < -0.39 is 0 Å². The highest BCUT2D eigenvalue weighted by atomic mass is 16.5. The summed E-state index contributed by atoms with van der Waals surface area (Å²) in [7, 11) is 0. The molecule has 0 aromatic carbocycles. The van der Waals surface area contributed by atoms with E-state index in [2.05, 4.69) is 45.6 Å². The van der Waals surface area contributed by atoms with Crippen molar-refractivity contribution in [2.75, 3.05) is 26.2 Å². The predicted octanol–water partition coefficient (Wildman–Crippen LogP) is 11.4. The number of rotatable bonds is 30. The molecule has 0 saturated heterocycles. The van der Waals surface area contributed by atoms with Crippen LogP contribution < -0.4 is 0 Å². The first-order chi connectivity index (χ1) is 19.0. The number of unbranched alkanes of at least 4 members (excludes halogenated alkanes) is 18. The van der Waals surface area contributed by atoms with Gasteiger partial charge in [-0.1, -0.05) is 148 Å². The number of allylic oxidation sites excluding steroid dienone is 2. The second-order valence-corrected chi connectivity index (χ2v) is 12.6. The Morgan fingerprint density at radius 2 is 1.05 bits per heavy atom. The summed E-state index contributed by atoms with van der Waals surface area (Å²) in [5.74, 6) is 0.577. The maximum absolute atomic E-state index is 12.6. The monoisotopic (exact) mass is 550 g/mol. The van der Waals surface area contributed by atoms with E-state index in [1.54, 1.807) is 0 Å². The number of ether oxygens (including phenoxy) is 1. The molecule has 0 radical (unpaired) electrons. The predicted molar refractivity (Wildman–Crippen MR) is 174 cm³/mol. The van der Waals surface area contributed by atoms with Crippen molar-refractivity contribution in [2.24, 2.45) is 5.92 Å². The molecule has 0 aliphatic carbocycles. The van der Waals surface area contributed by atoms with E-state index in [4.69, 9.17) is 4.74 Å². The first-order valence-corrected chi connectivity index (χ1v) is 17.5. The van der Waals surface area contributed by atoms with Gasteiger partial charge in [-0.2, -0.15) is 0 Å². The zero-order valence-electron chi connectivity index (χ0n) is 27.5. The number of hydrogen-bond acceptors (Lipinski definition) is 3. The van der Waals surface area contributed by atoms with Gasteiger partial charge in [0.05, 0.1) is 13.2 Å². The fourth-order valence-corrected chi connectivity index (χ4v) is 5.32. The lowest BCUT2D eigenvalue weighted by atomic mass is 10.0. The van der Waals surface area contributed by atoms with Gasteiger partial charge >= 0.3 is 5.97 Å². The van der Waals surface area contributed by atoms with E-state index in [1.165, 1.54) is 140 Å². The molecule has 0 bridgehead atoms. The molecule has 0 fully saturated rings. The van der Waals surface area contributed by atoms with Gasteiger partial charge in [-0.05, 0) is 65.0 Å². The lowest BCUT2D eigenvalue weighted by Gasteiger charge is -2.21. The Labute approximate surface area is 246 Å².